The SMILES string of the molecule is C[Si](C)OC(c1cc(=O)c(OCc2ccccc2)c(C=O)o1)C(C)(C)C. The molecular formula is C20H25O5Si. The summed E-state index contributed by atoms with van der Waals surface area (Å²) in [5, 5.41) is 0. The maximum absolute atomic E-state index is 12.6. The summed E-state index contributed by atoms with van der Waals surface area (Å²) in [5.41, 5.74) is 0.223. The molecule has 0 aliphatic rings. The minimum absolute atomic E-state index is 0.0706. The van der Waals surface area contributed by atoms with E-state index in [1.54, 1.807) is 0 Å². The summed E-state index contributed by atoms with van der Waals surface area (Å²) in [5.74, 6) is 0.170. The predicted octanol–water partition coefficient (Wildman–Crippen LogP) is 4.39. The van der Waals surface area contributed by atoms with Crippen molar-refractivity contribution in [2.24, 2.45) is 5.41 Å². The monoisotopic (exact) mass is 373 g/mol. The Balaban J connectivity index is 2.36. The Hall–Kier alpha value is -2.18. The maximum Gasteiger partial charge on any atom is 0.227 e. The zero-order valence-electron chi connectivity index (χ0n) is 15.9. The predicted molar refractivity (Wildman–Crippen MR) is 102 cm³/mol. The zero-order valence-corrected chi connectivity index (χ0v) is 16.9. The van der Waals surface area contributed by atoms with Crippen molar-refractivity contribution in [2.75, 3.05) is 0 Å². The smallest absolute Gasteiger partial charge is 0.227 e. The van der Waals surface area contributed by atoms with Crippen LogP contribution in [0, 0.1) is 5.41 Å². The number of rotatable bonds is 7. The molecule has 0 saturated heterocycles. The van der Waals surface area contributed by atoms with E-state index in [0.29, 0.717) is 12.0 Å². The van der Waals surface area contributed by atoms with Gasteiger partial charge in [-0.2, -0.15) is 0 Å². The summed E-state index contributed by atoms with van der Waals surface area (Å²) < 4.78 is 17.3. The molecule has 2 aromatic rings. The molecule has 2 rings (SSSR count). The topological polar surface area (TPSA) is 65.7 Å². The molecule has 0 aliphatic heterocycles. The normalized spacial score (nSPS) is 12.8. The third-order valence-corrected chi connectivity index (χ3v) is 4.39. The molecule has 1 aromatic heterocycles. The summed E-state index contributed by atoms with van der Waals surface area (Å²) in [7, 11) is -1.03. The van der Waals surface area contributed by atoms with E-state index >= 15 is 0 Å². The molecule has 139 valence electrons. The Morgan fingerprint density at radius 2 is 1.85 bits per heavy atom. The summed E-state index contributed by atoms with van der Waals surface area (Å²) >= 11 is 0. The number of hydrogen-bond acceptors (Lipinski definition) is 5. The quantitative estimate of drug-likeness (QED) is 0.532. The average molecular weight is 374 g/mol. The number of ether oxygens (including phenoxy) is 1. The molecule has 0 N–H and O–H groups in total. The molecule has 0 bridgehead atoms. The second-order valence-electron chi connectivity index (χ2n) is 7.37. The highest BCUT2D eigenvalue weighted by atomic mass is 28.3. The van der Waals surface area contributed by atoms with E-state index in [1.807, 2.05) is 64.2 Å². The molecule has 0 aliphatic carbocycles. The molecule has 1 unspecified atom stereocenters. The van der Waals surface area contributed by atoms with E-state index in [9.17, 15) is 9.59 Å². The lowest BCUT2D eigenvalue weighted by Crippen LogP contribution is -2.27. The van der Waals surface area contributed by atoms with Gasteiger partial charge in [-0.05, 0) is 24.1 Å². The fraction of sp³-hybridized carbons (Fsp3) is 0.400. The lowest BCUT2D eigenvalue weighted by atomic mass is 9.87. The number of carbonyl (C=O) groups is 1. The van der Waals surface area contributed by atoms with Crippen LogP contribution < -0.4 is 10.2 Å². The third kappa shape index (κ3) is 5.16. The van der Waals surface area contributed by atoms with Crippen LogP contribution in [0.3, 0.4) is 0 Å². The van der Waals surface area contributed by atoms with Gasteiger partial charge in [0, 0.05) is 6.07 Å². The van der Waals surface area contributed by atoms with Crippen molar-refractivity contribution < 1.29 is 18.4 Å². The first kappa shape index (κ1) is 20.1. The van der Waals surface area contributed by atoms with Crippen molar-refractivity contribution in [2.45, 2.75) is 46.6 Å². The van der Waals surface area contributed by atoms with E-state index in [-0.39, 0.29) is 29.0 Å². The van der Waals surface area contributed by atoms with Crippen LogP contribution in [-0.4, -0.2) is 15.3 Å². The molecular weight excluding hydrogens is 348 g/mol. The van der Waals surface area contributed by atoms with E-state index in [1.165, 1.54) is 6.07 Å². The number of hydrogen-bond donors (Lipinski definition) is 0. The number of benzene rings is 1. The van der Waals surface area contributed by atoms with Crippen LogP contribution in [0.25, 0.3) is 0 Å². The molecule has 26 heavy (non-hydrogen) atoms. The molecule has 6 heteroatoms. The average Bonchev–Trinajstić information content (AvgIpc) is 2.57. The van der Waals surface area contributed by atoms with Gasteiger partial charge in [0.15, 0.2) is 6.29 Å². The van der Waals surface area contributed by atoms with Gasteiger partial charge in [0.2, 0.25) is 26.0 Å². The molecule has 1 radical (unpaired) electrons. The molecule has 1 atom stereocenters. The summed E-state index contributed by atoms with van der Waals surface area (Å²) in [6.45, 7) is 10.2. The summed E-state index contributed by atoms with van der Waals surface area (Å²) in [6, 6.07) is 10.8. The van der Waals surface area contributed by atoms with Gasteiger partial charge in [0.25, 0.3) is 0 Å². The molecule has 1 aromatic carbocycles. The Bertz CT molecular complexity index is 790. The lowest BCUT2D eigenvalue weighted by molar-refractivity contribution is 0.0620. The Kier molecular flexibility index (Phi) is 6.56. The second kappa shape index (κ2) is 8.47. The van der Waals surface area contributed by atoms with Gasteiger partial charge in [0.1, 0.15) is 18.5 Å². The van der Waals surface area contributed by atoms with Gasteiger partial charge < -0.3 is 13.6 Å². The van der Waals surface area contributed by atoms with Crippen molar-refractivity contribution in [1.29, 1.82) is 0 Å². The van der Waals surface area contributed by atoms with Gasteiger partial charge in [-0.25, -0.2) is 0 Å². The molecule has 0 amide bonds. The van der Waals surface area contributed by atoms with E-state index in [2.05, 4.69) is 0 Å². The first-order valence-electron chi connectivity index (χ1n) is 8.49. The van der Waals surface area contributed by atoms with E-state index in [4.69, 9.17) is 13.6 Å². The van der Waals surface area contributed by atoms with E-state index < -0.39 is 15.1 Å². The zero-order chi connectivity index (χ0) is 19.3. The minimum atomic E-state index is -1.03. The Morgan fingerprint density at radius 3 is 2.38 bits per heavy atom. The van der Waals surface area contributed by atoms with Crippen LogP contribution in [0.1, 0.15) is 48.8 Å². The van der Waals surface area contributed by atoms with Gasteiger partial charge in [-0.1, -0.05) is 51.1 Å². The van der Waals surface area contributed by atoms with Crippen molar-refractivity contribution >= 4 is 15.3 Å². The van der Waals surface area contributed by atoms with Gasteiger partial charge >= 0.3 is 0 Å². The molecule has 0 fully saturated rings. The Labute approximate surface area is 155 Å². The van der Waals surface area contributed by atoms with Crippen molar-refractivity contribution in [3.63, 3.8) is 0 Å². The van der Waals surface area contributed by atoms with E-state index in [0.717, 1.165) is 5.56 Å². The van der Waals surface area contributed by atoms with Crippen molar-refractivity contribution in [3.8, 4) is 5.75 Å². The number of aldehydes is 1. The Morgan fingerprint density at radius 1 is 1.19 bits per heavy atom. The van der Waals surface area contributed by atoms with Crippen LogP contribution >= 0.6 is 0 Å². The van der Waals surface area contributed by atoms with Crippen LogP contribution in [0.4, 0.5) is 0 Å². The first-order valence-corrected chi connectivity index (χ1v) is 10.9. The minimum Gasteiger partial charge on any atom is -0.481 e. The molecule has 0 saturated carbocycles. The first-order chi connectivity index (χ1) is 12.2. The highest BCUT2D eigenvalue weighted by Gasteiger charge is 2.31. The van der Waals surface area contributed by atoms with Gasteiger partial charge in [-0.3, -0.25) is 9.59 Å². The fourth-order valence-electron chi connectivity index (χ4n) is 2.50. The summed E-state index contributed by atoms with van der Waals surface area (Å²) in [4.78, 5) is 24.1. The molecule has 5 nitrogen and oxygen atoms in total. The largest absolute Gasteiger partial charge is 0.481 e. The van der Waals surface area contributed by atoms with Gasteiger partial charge in [0.05, 0.1) is 0 Å². The third-order valence-electron chi connectivity index (χ3n) is 3.68. The second-order valence-corrected chi connectivity index (χ2v) is 9.42. The molecule has 1 heterocycles. The van der Waals surface area contributed by atoms with Crippen LogP contribution in [-0.2, 0) is 11.0 Å². The van der Waals surface area contributed by atoms with Gasteiger partial charge in [-0.15, -0.1) is 0 Å². The summed E-state index contributed by atoms with van der Waals surface area (Å²) in [6.07, 6.45) is 0.0929. The highest BCUT2D eigenvalue weighted by Crippen LogP contribution is 2.37. The van der Waals surface area contributed by atoms with Crippen LogP contribution in [0.2, 0.25) is 13.1 Å². The fourth-order valence-corrected chi connectivity index (χ4v) is 3.44. The highest BCUT2D eigenvalue weighted by molar-refractivity contribution is 6.48. The van der Waals surface area contributed by atoms with Crippen molar-refractivity contribution in [3.05, 3.63) is 63.7 Å². The lowest BCUT2D eigenvalue weighted by Gasteiger charge is -2.31. The molecule has 0 spiro atoms. The number of carbonyl (C=O) groups excluding carboxylic acids is 1. The van der Waals surface area contributed by atoms with Crippen LogP contribution in [0.15, 0.2) is 45.6 Å². The standard InChI is InChI=1S/C20H25O5Si/c1-20(2,3)19(25-26(4)5)16-11-15(22)18(17(12-21)24-16)23-13-14-9-7-6-8-10-14/h6-12,19H,13H2,1-5H3. The van der Waals surface area contributed by atoms with Crippen LogP contribution in [0.5, 0.6) is 5.75 Å². The van der Waals surface area contributed by atoms with Crippen molar-refractivity contribution in [1.82, 2.24) is 0 Å². The maximum atomic E-state index is 12.6.